The van der Waals surface area contributed by atoms with Gasteiger partial charge in [0.05, 0.1) is 16.4 Å². The third-order valence-electron chi connectivity index (χ3n) is 3.96. The van der Waals surface area contributed by atoms with Crippen molar-refractivity contribution >= 4 is 51.5 Å². The number of aryl methyl sites for hydroxylation is 1. The molecule has 4 nitrogen and oxygen atoms in total. The number of halogens is 2. The third kappa shape index (κ3) is 3.94. The van der Waals surface area contributed by atoms with E-state index in [1.807, 2.05) is 6.08 Å². The Balaban J connectivity index is 1.82. The molecular weight excluding hydrogens is 375 g/mol. The molecule has 1 aromatic heterocycles. The van der Waals surface area contributed by atoms with Crippen molar-refractivity contribution in [3.8, 4) is 0 Å². The SMILES string of the molecule is C=CCn1c(C)cc(C2=NNC(=Nc3ccc(Cl)cc3Cl)SC2)c1C. The minimum absolute atomic E-state index is 0.519. The quantitative estimate of drug-likeness (QED) is 0.714. The van der Waals surface area contributed by atoms with Crippen LogP contribution in [0.2, 0.25) is 10.0 Å². The molecule has 2 heterocycles. The fourth-order valence-corrected chi connectivity index (χ4v) is 3.91. The lowest BCUT2D eigenvalue weighted by Crippen LogP contribution is -2.25. The van der Waals surface area contributed by atoms with Gasteiger partial charge in [0, 0.05) is 34.3 Å². The number of hydrogen-bond acceptors (Lipinski definition) is 3. The molecule has 130 valence electrons. The molecule has 0 amide bonds. The first-order valence-corrected chi connectivity index (χ1v) is 9.51. The molecule has 0 atom stereocenters. The van der Waals surface area contributed by atoms with Crippen molar-refractivity contribution in [2.75, 3.05) is 5.75 Å². The maximum atomic E-state index is 6.17. The van der Waals surface area contributed by atoms with E-state index in [1.165, 1.54) is 11.4 Å². The predicted octanol–water partition coefficient (Wildman–Crippen LogP) is 5.33. The van der Waals surface area contributed by atoms with E-state index in [9.17, 15) is 0 Å². The van der Waals surface area contributed by atoms with Gasteiger partial charge < -0.3 is 4.57 Å². The molecule has 1 aliphatic rings. The van der Waals surface area contributed by atoms with Gasteiger partial charge in [-0.25, -0.2) is 4.99 Å². The Kier molecular flexibility index (Phi) is 5.57. The van der Waals surface area contributed by atoms with E-state index in [0.717, 1.165) is 23.6 Å². The Morgan fingerprint density at radius 3 is 2.80 bits per heavy atom. The highest BCUT2D eigenvalue weighted by atomic mass is 35.5. The number of aliphatic imine (C=N–C) groups is 1. The van der Waals surface area contributed by atoms with Crippen molar-refractivity contribution in [1.82, 2.24) is 9.99 Å². The summed E-state index contributed by atoms with van der Waals surface area (Å²) in [5.74, 6) is 0.745. The number of hydrogen-bond donors (Lipinski definition) is 1. The maximum Gasteiger partial charge on any atom is 0.182 e. The topological polar surface area (TPSA) is 41.7 Å². The summed E-state index contributed by atoms with van der Waals surface area (Å²) in [6.07, 6.45) is 1.90. The van der Waals surface area contributed by atoms with Crippen molar-refractivity contribution in [3.63, 3.8) is 0 Å². The highest BCUT2D eigenvalue weighted by molar-refractivity contribution is 8.14. The van der Waals surface area contributed by atoms with Gasteiger partial charge in [0.1, 0.15) is 0 Å². The van der Waals surface area contributed by atoms with Crippen molar-refractivity contribution < 1.29 is 0 Å². The normalized spacial score (nSPS) is 15.8. The number of benzene rings is 1. The fraction of sp³-hybridized carbons (Fsp3) is 0.222. The summed E-state index contributed by atoms with van der Waals surface area (Å²) in [6.45, 7) is 8.82. The van der Waals surface area contributed by atoms with Crippen LogP contribution in [0.4, 0.5) is 5.69 Å². The van der Waals surface area contributed by atoms with E-state index in [1.54, 1.807) is 30.0 Å². The van der Waals surface area contributed by atoms with E-state index in [4.69, 9.17) is 23.2 Å². The third-order valence-corrected chi connectivity index (χ3v) is 5.37. The van der Waals surface area contributed by atoms with Gasteiger partial charge >= 0.3 is 0 Å². The summed E-state index contributed by atoms with van der Waals surface area (Å²) in [7, 11) is 0. The molecule has 0 saturated carbocycles. The van der Waals surface area contributed by atoms with Crippen LogP contribution in [-0.2, 0) is 6.54 Å². The van der Waals surface area contributed by atoms with E-state index in [2.05, 4.69) is 46.6 Å². The molecule has 0 radical (unpaired) electrons. The first kappa shape index (κ1) is 18.1. The minimum Gasteiger partial charge on any atom is -0.345 e. The van der Waals surface area contributed by atoms with Gasteiger partial charge in [-0.15, -0.1) is 6.58 Å². The first-order chi connectivity index (χ1) is 12.0. The smallest absolute Gasteiger partial charge is 0.182 e. The molecule has 1 aromatic carbocycles. The molecule has 7 heteroatoms. The Morgan fingerprint density at radius 2 is 2.16 bits per heavy atom. The van der Waals surface area contributed by atoms with Gasteiger partial charge in [-0.2, -0.15) is 5.10 Å². The Labute approximate surface area is 161 Å². The minimum atomic E-state index is 0.519. The van der Waals surface area contributed by atoms with Gasteiger partial charge in [0.15, 0.2) is 5.17 Å². The number of allylic oxidation sites excluding steroid dienone is 1. The zero-order chi connectivity index (χ0) is 18.0. The molecule has 3 rings (SSSR count). The molecule has 1 aliphatic heterocycles. The molecule has 0 unspecified atom stereocenters. The number of rotatable bonds is 4. The lowest BCUT2D eigenvalue weighted by Gasteiger charge is -2.15. The van der Waals surface area contributed by atoms with E-state index < -0.39 is 0 Å². The number of thioether (sulfide) groups is 1. The zero-order valence-electron chi connectivity index (χ0n) is 14.0. The summed E-state index contributed by atoms with van der Waals surface area (Å²) < 4.78 is 2.23. The highest BCUT2D eigenvalue weighted by Gasteiger charge is 2.18. The Hall–Kier alpha value is -1.69. The molecule has 0 aliphatic carbocycles. The Bertz CT molecular complexity index is 883. The van der Waals surface area contributed by atoms with Crippen LogP contribution in [0.5, 0.6) is 0 Å². The highest BCUT2D eigenvalue weighted by Crippen LogP contribution is 2.29. The van der Waals surface area contributed by atoms with Crippen molar-refractivity contribution in [1.29, 1.82) is 0 Å². The zero-order valence-corrected chi connectivity index (χ0v) is 16.3. The summed E-state index contributed by atoms with van der Waals surface area (Å²) in [5.41, 5.74) is 8.26. The van der Waals surface area contributed by atoms with Gasteiger partial charge in [-0.1, -0.05) is 41.0 Å². The average molecular weight is 393 g/mol. The van der Waals surface area contributed by atoms with Crippen LogP contribution >= 0.6 is 35.0 Å². The summed E-state index contributed by atoms with van der Waals surface area (Å²) >= 11 is 13.7. The largest absolute Gasteiger partial charge is 0.345 e. The monoisotopic (exact) mass is 392 g/mol. The molecule has 0 saturated heterocycles. The van der Waals surface area contributed by atoms with E-state index >= 15 is 0 Å². The lowest BCUT2D eigenvalue weighted by molar-refractivity contribution is 0.768. The van der Waals surface area contributed by atoms with Crippen molar-refractivity contribution in [2.45, 2.75) is 20.4 Å². The fourth-order valence-electron chi connectivity index (χ4n) is 2.70. The van der Waals surface area contributed by atoms with E-state index in [0.29, 0.717) is 20.9 Å². The summed E-state index contributed by atoms with van der Waals surface area (Å²) in [4.78, 5) is 4.51. The predicted molar refractivity (Wildman–Crippen MR) is 110 cm³/mol. The average Bonchev–Trinajstić information content (AvgIpc) is 2.87. The molecule has 0 spiro atoms. The second-order valence-electron chi connectivity index (χ2n) is 5.66. The molecule has 0 bridgehead atoms. The van der Waals surface area contributed by atoms with Crippen LogP contribution in [0.25, 0.3) is 0 Å². The van der Waals surface area contributed by atoms with Crippen LogP contribution in [0.1, 0.15) is 17.0 Å². The number of hydrazone groups is 1. The van der Waals surface area contributed by atoms with Crippen LogP contribution in [0.3, 0.4) is 0 Å². The summed E-state index contributed by atoms with van der Waals surface area (Å²) in [5, 5.41) is 6.33. The van der Waals surface area contributed by atoms with E-state index in [-0.39, 0.29) is 0 Å². The first-order valence-electron chi connectivity index (χ1n) is 7.76. The molecule has 1 N–H and O–H groups in total. The summed E-state index contributed by atoms with van der Waals surface area (Å²) in [6, 6.07) is 7.41. The van der Waals surface area contributed by atoms with Gasteiger partial charge in [-0.05, 0) is 38.1 Å². The van der Waals surface area contributed by atoms with Crippen LogP contribution < -0.4 is 5.43 Å². The number of aromatic nitrogens is 1. The van der Waals surface area contributed by atoms with Crippen LogP contribution in [0, 0.1) is 13.8 Å². The van der Waals surface area contributed by atoms with Crippen molar-refractivity contribution in [2.24, 2.45) is 10.1 Å². The standard InChI is InChI=1S/C18H18Cl2N4S/c1-4-7-24-11(2)8-14(12(24)3)17-10-25-18(23-22-17)21-16-6-5-13(19)9-15(16)20/h4-6,8-9H,1,7,10H2,2-3H3,(H,21,23). The van der Waals surface area contributed by atoms with Crippen molar-refractivity contribution in [3.05, 3.63) is 63.9 Å². The molecular formula is C18H18Cl2N4S. The number of nitrogens with one attached hydrogen (secondary N) is 1. The second-order valence-corrected chi connectivity index (χ2v) is 7.46. The maximum absolute atomic E-state index is 6.17. The van der Waals surface area contributed by atoms with Crippen LogP contribution in [0.15, 0.2) is 47.0 Å². The number of amidine groups is 1. The van der Waals surface area contributed by atoms with Gasteiger partial charge in [-0.3, -0.25) is 5.43 Å². The lowest BCUT2D eigenvalue weighted by atomic mass is 10.1. The number of nitrogens with zero attached hydrogens (tertiary/aromatic N) is 3. The molecule has 0 fully saturated rings. The second kappa shape index (κ2) is 7.68. The van der Waals surface area contributed by atoms with Gasteiger partial charge in [0.2, 0.25) is 0 Å². The molecule has 25 heavy (non-hydrogen) atoms. The Morgan fingerprint density at radius 1 is 1.36 bits per heavy atom. The van der Waals surface area contributed by atoms with Gasteiger partial charge in [0.25, 0.3) is 0 Å². The van der Waals surface area contributed by atoms with Crippen LogP contribution in [-0.4, -0.2) is 21.2 Å². The molecule has 2 aromatic rings.